The number of hydrogen-bond donors (Lipinski definition) is 3. The summed E-state index contributed by atoms with van der Waals surface area (Å²) in [6, 6.07) is 10.0. The van der Waals surface area contributed by atoms with Gasteiger partial charge in [0.2, 0.25) is 0 Å². The van der Waals surface area contributed by atoms with Crippen LogP contribution in [0.25, 0.3) is 0 Å². The molecule has 0 saturated heterocycles. The largest absolute Gasteiger partial charge is 0.395 e. The van der Waals surface area contributed by atoms with Crippen LogP contribution in [0, 0.1) is 6.42 Å². The van der Waals surface area contributed by atoms with Crippen LogP contribution in [0.15, 0.2) is 30.3 Å². The van der Waals surface area contributed by atoms with Gasteiger partial charge in [-0.15, -0.1) is 0 Å². The first-order chi connectivity index (χ1) is 7.72. The fraction of sp³-hybridized carbons (Fsp3) is 0.462. The Labute approximate surface area is 97.1 Å². The van der Waals surface area contributed by atoms with Crippen molar-refractivity contribution in [3.8, 4) is 0 Å². The molecule has 0 fully saturated rings. The van der Waals surface area contributed by atoms with Crippen molar-refractivity contribution in [2.75, 3.05) is 13.2 Å². The highest BCUT2D eigenvalue weighted by Gasteiger charge is 2.06. The van der Waals surface area contributed by atoms with Gasteiger partial charge in [-0.3, -0.25) is 0 Å². The van der Waals surface area contributed by atoms with Gasteiger partial charge < -0.3 is 15.5 Å². The van der Waals surface area contributed by atoms with Crippen LogP contribution >= 0.6 is 0 Å². The van der Waals surface area contributed by atoms with E-state index in [0.717, 1.165) is 6.42 Å². The average Bonchev–Trinajstić information content (AvgIpc) is 2.34. The van der Waals surface area contributed by atoms with Gasteiger partial charge in [0.15, 0.2) is 0 Å². The molecule has 1 aromatic rings. The minimum absolute atomic E-state index is 0.0276. The van der Waals surface area contributed by atoms with Gasteiger partial charge in [-0.05, 0) is 25.3 Å². The number of benzene rings is 1. The summed E-state index contributed by atoms with van der Waals surface area (Å²) < 4.78 is 0. The maximum Gasteiger partial charge on any atom is 0.0699 e. The molecule has 1 rings (SSSR count). The Hall–Kier alpha value is -0.900. The maximum atomic E-state index is 9.66. The molecule has 0 unspecified atom stereocenters. The highest BCUT2D eigenvalue weighted by Crippen LogP contribution is 2.03. The Morgan fingerprint density at radius 1 is 1.31 bits per heavy atom. The van der Waals surface area contributed by atoms with Crippen molar-refractivity contribution >= 4 is 0 Å². The average molecular weight is 222 g/mol. The molecule has 2 atom stereocenters. The van der Waals surface area contributed by atoms with Crippen LogP contribution in [0.3, 0.4) is 0 Å². The summed E-state index contributed by atoms with van der Waals surface area (Å²) in [7, 11) is 0. The van der Waals surface area contributed by atoms with E-state index in [1.165, 1.54) is 5.56 Å². The highest BCUT2D eigenvalue weighted by molar-refractivity contribution is 5.16. The number of aliphatic hydroxyl groups is 2. The van der Waals surface area contributed by atoms with Crippen molar-refractivity contribution < 1.29 is 10.2 Å². The molecule has 3 nitrogen and oxygen atoms in total. The summed E-state index contributed by atoms with van der Waals surface area (Å²) in [5.41, 5.74) is 1.19. The SMILES string of the molecule is C[C@@H](CO)NC[C@H](O)[CH]Cc1ccccc1. The molecule has 0 spiro atoms. The van der Waals surface area contributed by atoms with Crippen molar-refractivity contribution in [1.29, 1.82) is 0 Å². The second-order valence-electron chi connectivity index (χ2n) is 3.98. The van der Waals surface area contributed by atoms with E-state index in [9.17, 15) is 5.11 Å². The highest BCUT2D eigenvalue weighted by atomic mass is 16.3. The third kappa shape index (κ3) is 5.26. The Kier molecular flexibility index (Phi) is 6.08. The normalized spacial score (nSPS) is 14.7. The number of nitrogens with one attached hydrogen (secondary N) is 1. The van der Waals surface area contributed by atoms with Crippen LogP contribution in [0.1, 0.15) is 12.5 Å². The summed E-state index contributed by atoms with van der Waals surface area (Å²) in [6.45, 7) is 2.45. The van der Waals surface area contributed by atoms with Crippen LogP contribution in [-0.4, -0.2) is 35.5 Å². The monoisotopic (exact) mass is 222 g/mol. The van der Waals surface area contributed by atoms with Crippen molar-refractivity contribution in [3.05, 3.63) is 42.3 Å². The Bertz CT molecular complexity index is 277. The van der Waals surface area contributed by atoms with Gasteiger partial charge in [-0.25, -0.2) is 0 Å². The molecule has 0 aliphatic rings. The van der Waals surface area contributed by atoms with Gasteiger partial charge >= 0.3 is 0 Å². The van der Waals surface area contributed by atoms with Crippen LogP contribution in [-0.2, 0) is 6.42 Å². The minimum atomic E-state index is -0.478. The lowest BCUT2D eigenvalue weighted by Crippen LogP contribution is -2.36. The molecule has 0 aliphatic heterocycles. The summed E-state index contributed by atoms with van der Waals surface area (Å²) in [5, 5.41) is 21.5. The molecule has 0 amide bonds. The first-order valence-corrected chi connectivity index (χ1v) is 5.62. The summed E-state index contributed by atoms with van der Waals surface area (Å²) in [6.07, 6.45) is 2.15. The zero-order chi connectivity index (χ0) is 11.8. The molecular formula is C13H20NO2. The van der Waals surface area contributed by atoms with Crippen LogP contribution in [0.5, 0.6) is 0 Å². The van der Waals surface area contributed by atoms with E-state index in [4.69, 9.17) is 5.11 Å². The van der Waals surface area contributed by atoms with E-state index < -0.39 is 6.10 Å². The lowest BCUT2D eigenvalue weighted by molar-refractivity contribution is 0.183. The van der Waals surface area contributed by atoms with Gasteiger partial charge in [0.05, 0.1) is 12.7 Å². The summed E-state index contributed by atoms with van der Waals surface area (Å²) in [5.74, 6) is 0. The second kappa shape index (κ2) is 7.39. The summed E-state index contributed by atoms with van der Waals surface area (Å²) in [4.78, 5) is 0. The molecule has 0 aliphatic carbocycles. The zero-order valence-electron chi connectivity index (χ0n) is 9.63. The molecule has 16 heavy (non-hydrogen) atoms. The van der Waals surface area contributed by atoms with Crippen molar-refractivity contribution in [1.82, 2.24) is 5.32 Å². The van der Waals surface area contributed by atoms with Gasteiger partial charge in [-0.1, -0.05) is 30.3 Å². The Morgan fingerprint density at radius 2 is 2.00 bits per heavy atom. The predicted molar refractivity (Wildman–Crippen MR) is 65.0 cm³/mol. The molecule has 0 saturated carbocycles. The molecular weight excluding hydrogens is 202 g/mol. The van der Waals surface area contributed by atoms with Crippen molar-refractivity contribution in [2.24, 2.45) is 0 Å². The molecule has 0 heterocycles. The van der Waals surface area contributed by atoms with E-state index >= 15 is 0 Å². The lowest BCUT2D eigenvalue weighted by atomic mass is 10.1. The van der Waals surface area contributed by atoms with Crippen LogP contribution < -0.4 is 5.32 Å². The predicted octanol–water partition coefficient (Wildman–Crippen LogP) is 0.765. The number of hydrogen-bond acceptors (Lipinski definition) is 3. The van der Waals surface area contributed by atoms with Gasteiger partial charge in [0.25, 0.3) is 0 Å². The standard InChI is InChI=1S/C13H20NO2/c1-11(10-15)14-9-13(16)8-7-12-5-3-2-4-6-12/h2-6,8,11,13-16H,7,9-10H2,1H3/t11-,13+/m0/s1. The fourth-order valence-corrected chi connectivity index (χ4v) is 1.36. The molecule has 3 N–H and O–H groups in total. The smallest absolute Gasteiger partial charge is 0.0699 e. The molecule has 0 aromatic heterocycles. The second-order valence-corrected chi connectivity index (χ2v) is 3.98. The Morgan fingerprint density at radius 3 is 2.62 bits per heavy atom. The van der Waals surface area contributed by atoms with E-state index in [1.807, 2.05) is 43.7 Å². The van der Waals surface area contributed by atoms with E-state index in [0.29, 0.717) is 6.54 Å². The minimum Gasteiger partial charge on any atom is -0.395 e. The molecule has 89 valence electrons. The third-order valence-electron chi connectivity index (χ3n) is 2.42. The van der Waals surface area contributed by atoms with Gasteiger partial charge in [0.1, 0.15) is 0 Å². The van der Waals surface area contributed by atoms with Gasteiger partial charge in [-0.2, -0.15) is 0 Å². The van der Waals surface area contributed by atoms with Crippen LogP contribution in [0.2, 0.25) is 0 Å². The zero-order valence-corrected chi connectivity index (χ0v) is 9.63. The van der Waals surface area contributed by atoms with E-state index in [-0.39, 0.29) is 12.6 Å². The molecule has 0 bridgehead atoms. The first-order valence-electron chi connectivity index (χ1n) is 5.62. The van der Waals surface area contributed by atoms with Crippen LogP contribution in [0.4, 0.5) is 0 Å². The summed E-state index contributed by atoms with van der Waals surface area (Å²) >= 11 is 0. The quantitative estimate of drug-likeness (QED) is 0.638. The first kappa shape index (κ1) is 13.2. The van der Waals surface area contributed by atoms with E-state index in [1.54, 1.807) is 0 Å². The van der Waals surface area contributed by atoms with Gasteiger partial charge in [0, 0.05) is 12.6 Å². The Balaban J connectivity index is 2.18. The molecule has 1 radical (unpaired) electrons. The number of aliphatic hydroxyl groups excluding tert-OH is 2. The number of rotatable bonds is 7. The third-order valence-corrected chi connectivity index (χ3v) is 2.42. The molecule has 1 aromatic carbocycles. The maximum absolute atomic E-state index is 9.66. The molecule has 3 heteroatoms. The van der Waals surface area contributed by atoms with Crippen molar-refractivity contribution in [3.63, 3.8) is 0 Å². The lowest BCUT2D eigenvalue weighted by Gasteiger charge is -2.15. The van der Waals surface area contributed by atoms with Crippen molar-refractivity contribution in [2.45, 2.75) is 25.5 Å². The topological polar surface area (TPSA) is 52.5 Å². The van der Waals surface area contributed by atoms with E-state index in [2.05, 4.69) is 5.32 Å². The fourth-order valence-electron chi connectivity index (χ4n) is 1.36.